The van der Waals surface area contributed by atoms with Crippen molar-refractivity contribution in [2.45, 2.75) is 13.1 Å². The van der Waals surface area contributed by atoms with Gasteiger partial charge in [0.2, 0.25) is 0 Å². The quantitative estimate of drug-likeness (QED) is 0.767. The Morgan fingerprint density at radius 3 is 2.38 bits per heavy atom. The Labute approximate surface area is 96.4 Å². The third-order valence-corrected chi connectivity index (χ3v) is 3.87. The van der Waals surface area contributed by atoms with Crippen LogP contribution in [0.4, 0.5) is 0 Å². The van der Waals surface area contributed by atoms with Gasteiger partial charge in [0.25, 0.3) is 10.2 Å². The molecule has 5 nitrogen and oxygen atoms in total. The zero-order valence-corrected chi connectivity index (χ0v) is 10.3. The van der Waals surface area contributed by atoms with Crippen LogP contribution in [0.3, 0.4) is 0 Å². The minimum absolute atomic E-state index is 0.316. The minimum Gasteiger partial charge on any atom is -0.326 e. The van der Waals surface area contributed by atoms with E-state index in [1.807, 2.05) is 24.3 Å². The molecule has 0 saturated heterocycles. The van der Waals surface area contributed by atoms with Crippen LogP contribution in [0.25, 0.3) is 0 Å². The Kier molecular flexibility index (Phi) is 4.43. The lowest BCUT2D eigenvalue weighted by atomic mass is 10.1. The Balaban J connectivity index is 2.89. The summed E-state index contributed by atoms with van der Waals surface area (Å²) in [6.07, 6.45) is 0. The van der Waals surface area contributed by atoms with Gasteiger partial charge in [-0.05, 0) is 11.1 Å². The summed E-state index contributed by atoms with van der Waals surface area (Å²) in [6, 6.07) is 7.53. The van der Waals surface area contributed by atoms with Gasteiger partial charge in [0.05, 0.1) is 0 Å². The van der Waals surface area contributed by atoms with Crippen LogP contribution in [0.2, 0.25) is 0 Å². The third-order valence-electron chi connectivity index (χ3n) is 2.40. The molecule has 0 heterocycles. The maximum atomic E-state index is 11.5. The van der Waals surface area contributed by atoms with Gasteiger partial charge in [-0.3, -0.25) is 0 Å². The molecule has 0 amide bonds. The molecule has 0 aliphatic carbocycles. The summed E-state index contributed by atoms with van der Waals surface area (Å²) in [4.78, 5) is 0. The second-order valence-corrected chi connectivity index (χ2v) is 5.42. The lowest BCUT2D eigenvalue weighted by molar-refractivity contribution is 0.458. The predicted octanol–water partition coefficient (Wildman–Crippen LogP) is 0.0413. The Bertz CT molecular complexity index is 445. The Hall–Kier alpha value is -0.950. The van der Waals surface area contributed by atoms with Crippen molar-refractivity contribution >= 4 is 10.2 Å². The molecule has 0 aromatic heterocycles. The van der Waals surface area contributed by atoms with Crippen LogP contribution >= 0.6 is 0 Å². The topological polar surface area (TPSA) is 75.4 Å². The maximum absolute atomic E-state index is 11.5. The molecule has 6 heteroatoms. The SMILES string of the molecule is CNS(=O)(=O)N(C)Cc1ccccc1CN. The van der Waals surface area contributed by atoms with Gasteiger partial charge < -0.3 is 5.73 Å². The number of nitrogens with zero attached hydrogens (tertiary/aromatic N) is 1. The fourth-order valence-corrected chi connectivity index (χ4v) is 2.01. The first-order valence-corrected chi connectivity index (χ1v) is 6.37. The van der Waals surface area contributed by atoms with E-state index in [0.29, 0.717) is 13.1 Å². The molecule has 0 aliphatic heterocycles. The van der Waals surface area contributed by atoms with Gasteiger partial charge in [-0.25, -0.2) is 4.72 Å². The van der Waals surface area contributed by atoms with Crippen LogP contribution in [0.15, 0.2) is 24.3 Å². The summed E-state index contributed by atoms with van der Waals surface area (Å²) >= 11 is 0. The van der Waals surface area contributed by atoms with E-state index < -0.39 is 10.2 Å². The first-order chi connectivity index (χ1) is 7.51. The van der Waals surface area contributed by atoms with Crippen molar-refractivity contribution < 1.29 is 8.42 Å². The second kappa shape index (κ2) is 5.40. The number of nitrogens with two attached hydrogens (primary N) is 1. The highest BCUT2D eigenvalue weighted by molar-refractivity contribution is 7.87. The standard InChI is InChI=1S/C10H17N3O2S/c1-12-16(14,15)13(2)8-10-6-4-3-5-9(10)7-11/h3-6,12H,7-8,11H2,1-2H3. The number of rotatable bonds is 5. The van der Waals surface area contributed by atoms with Crippen molar-refractivity contribution in [1.29, 1.82) is 0 Å². The molecule has 0 aliphatic rings. The molecule has 1 aromatic rings. The summed E-state index contributed by atoms with van der Waals surface area (Å²) in [5.41, 5.74) is 7.47. The molecule has 1 rings (SSSR count). The molecule has 0 spiro atoms. The highest BCUT2D eigenvalue weighted by atomic mass is 32.2. The van der Waals surface area contributed by atoms with E-state index in [9.17, 15) is 8.42 Å². The van der Waals surface area contributed by atoms with Crippen LogP contribution in [0, 0.1) is 0 Å². The monoisotopic (exact) mass is 243 g/mol. The molecule has 0 saturated carbocycles. The Morgan fingerprint density at radius 1 is 1.31 bits per heavy atom. The first kappa shape index (κ1) is 13.1. The largest absolute Gasteiger partial charge is 0.326 e. The Morgan fingerprint density at radius 2 is 1.88 bits per heavy atom. The maximum Gasteiger partial charge on any atom is 0.279 e. The van der Waals surface area contributed by atoms with Crippen molar-refractivity contribution in [3.63, 3.8) is 0 Å². The summed E-state index contributed by atoms with van der Waals surface area (Å²) in [6.45, 7) is 0.722. The fraction of sp³-hybridized carbons (Fsp3) is 0.400. The lowest BCUT2D eigenvalue weighted by Crippen LogP contribution is -2.35. The summed E-state index contributed by atoms with van der Waals surface area (Å²) in [5, 5.41) is 0. The smallest absolute Gasteiger partial charge is 0.279 e. The molecule has 16 heavy (non-hydrogen) atoms. The first-order valence-electron chi connectivity index (χ1n) is 4.93. The van der Waals surface area contributed by atoms with E-state index in [1.165, 1.54) is 18.4 Å². The van der Waals surface area contributed by atoms with E-state index in [0.717, 1.165) is 11.1 Å². The molecule has 0 unspecified atom stereocenters. The zero-order valence-electron chi connectivity index (χ0n) is 9.47. The lowest BCUT2D eigenvalue weighted by Gasteiger charge is -2.17. The summed E-state index contributed by atoms with van der Waals surface area (Å²) < 4.78 is 26.5. The van der Waals surface area contributed by atoms with E-state index >= 15 is 0 Å². The molecule has 0 bridgehead atoms. The van der Waals surface area contributed by atoms with Crippen LogP contribution in [-0.4, -0.2) is 26.8 Å². The molecule has 3 N–H and O–H groups in total. The third kappa shape index (κ3) is 3.02. The minimum atomic E-state index is -3.38. The van der Waals surface area contributed by atoms with Gasteiger partial charge in [-0.15, -0.1) is 0 Å². The van der Waals surface area contributed by atoms with Crippen molar-refractivity contribution in [2.75, 3.05) is 14.1 Å². The van der Waals surface area contributed by atoms with E-state index in [4.69, 9.17) is 5.73 Å². The van der Waals surface area contributed by atoms with Crippen molar-refractivity contribution in [3.05, 3.63) is 35.4 Å². The van der Waals surface area contributed by atoms with Crippen LogP contribution in [-0.2, 0) is 23.3 Å². The van der Waals surface area contributed by atoms with E-state index in [1.54, 1.807) is 0 Å². The van der Waals surface area contributed by atoms with E-state index in [-0.39, 0.29) is 0 Å². The molecule has 1 aromatic carbocycles. The van der Waals surface area contributed by atoms with Gasteiger partial charge >= 0.3 is 0 Å². The highest BCUT2D eigenvalue weighted by Crippen LogP contribution is 2.11. The van der Waals surface area contributed by atoms with Gasteiger partial charge in [-0.2, -0.15) is 12.7 Å². The predicted molar refractivity (Wildman–Crippen MR) is 63.8 cm³/mol. The van der Waals surface area contributed by atoms with Gasteiger partial charge in [0.1, 0.15) is 0 Å². The second-order valence-electron chi connectivity index (χ2n) is 3.44. The molecule has 90 valence electrons. The molecular formula is C10H17N3O2S. The van der Waals surface area contributed by atoms with Crippen molar-refractivity contribution in [2.24, 2.45) is 5.73 Å². The normalized spacial score (nSPS) is 12.0. The highest BCUT2D eigenvalue weighted by Gasteiger charge is 2.15. The summed E-state index contributed by atoms with van der Waals surface area (Å²) in [5.74, 6) is 0. The number of hydrogen-bond donors (Lipinski definition) is 2. The van der Waals surface area contributed by atoms with Crippen molar-refractivity contribution in [1.82, 2.24) is 9.03 Å². The molecule has 0 atom stereocenters. The fourth-order valence-electron chi connectivity index (χ4n) is 1.39. The average molecular weight is 243 g/mol. The van der Waals surface area contributed by atoms with Gasteiger partial charge in [0, 0.05) is 27.2 Å². The van der Waals surface area contributed by atoms with Crippen LogP contribution in [0.1, 0.15) is 11.1 Å². The number of hydrogen-bond acceptors (Lipinski definition) is 3. The average Bonchev–Trinajstić information content (AvgIpc) is 2.29. The number of benzene rings is 1. The van der Waals surface area contributed by atoms with Gasteiger partial charge in [0.15, 0.2) is 0 Å². The molecular weight excluding hydrogens is 226 g/mol. The van der Waals surface area contributed by atoms with E-state index in [2.05, 4.69) is 4.72 Å². The van der Waals surface area contributed by atoms with Crippen LogP contribution < -0.4 is 10.5 Å². The molecule has 0 fully saturated rings. The zero-order chi connectivity index (χ0) is 12.2. The number of nitrogens with one attached hydrogen (secondary N) is 1. The molecule has 0 radical (unpaired) electrons. The van der Waals surface area contributed by atoms with Crippen LogP contribution in [0.5, 0.6) is 0 Å². The summed E-state index contributed by atoms with van der Waals surface area (Å²) in [7, 11) is -0.462. The van der Waals surface area contributed by atoms with Crippen molar-refractivity contribution in [3.8, 4) is 0 Å². The van der Waals surface area contributed by atoms with Gasteiger partial charge in [-0.1, -0.05) is 24.3 Å².